The molecule has 0 radical (unpaired) electrons. The SMILES string of the molecule is CSc1ccc(Br)c(C(=O)CCBr)c1. The molecule has 0 N–H and O–H groups in total. The van der Waals surface area contributed by atoms with E-state index in [9.17, 15) is 4.79 Å². The second-order valence-electron chi connectivity index (χ2n) is 2.71. The zero-order chi connectivity index (χ0) is 10.6. The normalized spacial score (nSPS) is 10.2. The van der Waals surface area contributed by atoms with Gasteiger partial charge in [0.05, 0.1) is 0 Å². The van der Waals surface area contributed by atoms with Crippen LogP contribution in [0.3, 0.4) is 0 Å². The Kier molecular flexibility index (Phi) is 5.20. The van der Waals surface area contributed by atoms with Gasteiger partial charge in [0, 0.05) is 26.7 Å². The van der Waals surface area contributed by atoms with E-state index in [4.69, 9.17) is 0 Å². The zero-order valence-corrected chi connectivity index (χ0v) is 11.7. The quantitative estimate of drug-likeness (QED) is 0.466. The first-order chi connectivity index (χ1) is 6.69. The first-order valence-electron chi connectivity index (χ1n) is 4.11. The molecule has 14 heavy (non-hydrogen) atoms. The fraction of sp³-hybridized carbons (Fsp3) is 0.300. The van der Waals surface area contributed by atoms with Gasteiger partial charge in [0.2, 0.25) is 0 Å². The van der Waals surface area contributed by atoms with Crippen LogP contribution in [0, 0.1) is 0 Å². The van der Waals surface area contributed by atoms with Gasteiger partial charge in [0.1, 0.15) is 0 Å². The van der Waals surface area contributed by atoms with Crippen molar-refractivity contribution < 1.29 is 4.79 Å². The van der Waals surface area contributed by atoms with Crippen LogP contribution in [-0.2, 0) is 0 Å². The topological polar surface area (TPSA) is 17.1 Å². The first-order valence-corrected chi connectivity index (χ1v) is 7.25. The summed E-state index contributed by atoms with van der Waals surface area (Å²) in [6.07, 6.45) is 2.54. The highest BCUT2D eigenvalue weighted by Crippen LogP contribution is 2.24. The van der Waals surface area contributed by atoms with Gasteiger partial charge in [-0.15, -0.1) is 11.8 Å². The Morgan fingerprint density at radius 2 is 2.21 bits per heavy atom. The lowest BCUT2D eigenvalue weighted by atomic mass is 10.1. The van der Waals surface area contributed by atoms with E-state index in [1.54, 1.807) is 11.8 Å². The predicted molar refractivity (Wildman–Crippen MR) is 68.7 cm³/mol. The van der Waals surface area contributed by atoms with Crippen molar-refractivity contribution >= 4 is 49.4 Å². The molecule has 0 aliphatic heterocycles. The van der Waals surface area contributed by atoms with E-state index in [0.717, 1.165) is 14.9 Å². The molecule has 0 aromatic heterocycles. The van der Waals surface area contributed by atoms with Crippen molar-refractivity contribution in [2.75, 3.05) is 11.6 Å². The van der Waals surface area contributed by atoms with Crippen molar-refractivity contribution in [3.63, 3.8) is 0 Å². The Morgan fingerprint density at radius 3 is 2.79 bits per heavy atom. The second-order valence-corrected chi connectivity index (χ2v) is 5.23. The molecule has 0 amide bonds. The average Bonchev–Trinajstić information content (AvgIpc) is 2.19. The molecular weight excluding hydrogens is 328 g/mol. The maximum Gasteiger partial charge on any atom is 0.164 e. The molecular formula is C10H10Br2OS. The molecule has 1 aromatic carbocycles. The summed E-state index contributed by atoms with van der Waals surface area (Å²) in [4.78, 5) is 12.8. The fourth-order valence-corrected chi connectivity index (χ4v) is 2.33. The molecule has 0 aliphatic carbocycles. The van der Waals surface area contributed by atoms with Gasteiger partial charge in [0.15, 0.2) is 5.78 Å². The smallest absolute Gasteiger partial charge is 0.164 e. The molecule has 0 fully saturated rings. The summed E-state index contributed by atoms with van der Waals surface area (Å²) in [5, 5.41) is 0.710. The van der Waals surface area contributed by atoms with Crippen LogP contribution in [0.1, 0.15) is 16.8 Å². The standard InChI is InChI=1S/C10H10Br2OS/c1-14-7-2-3-9(12)8(6-7)10(13)4-5-11/h2-3,6H,4-5H2,1H3. The number of benzene rings is 1. The molecule has 76 valence electrons. The van der Waals surface area contributed by atoms with Crippen LogP contribution in [0.4, 0.5) is 0 Å². The third-order valence-electron chi connectivity index (χ3n) is 1.80. The summed E-state index contributed by atoms with van der Waals surface area (Å²) in [5.41, 5.74) is 0.774. The van der Waals surface area contributed by atoms with Crippen LogP contribution >= 0.6 is 43.6 Å². The molecule has 1 nitrogen and oxygen atoms in total. The minimum absolute atomic E-state index is 0.171. The number of Topliss-reactive ketones (excluding diaryl/α,β-unsaturated/α-hetero) is 1. The second kappa shape index (κ2) is 5.93. The van der Waals surface area contributed by atoms with Gasteiger partial charge in [-0.25, -0.2) is 0 Å². The average molecular weight is 338 g/mol. The summed E-state index contributed by atoms with van der Waals surface area (Å²) < 4.78 is 0.876. The lowest BCUT2D eigenvalue weighted by Gasteiger charge is -2.04. The van der Waals surface area contributed by atoms with E-state index in [-0.39, 0.29) is 5.78 Å². The first kappa shape index (κ1) is 12.3. The minimum Gasteiger partial charge on any atom is -0.294 e. The Hall–Kier alpha value is 0.200. The van der Waals surface area contributed by atoms with Crippen molar-refractivity contribution in [2.24, 2.45) is 0 Å². The van der Waals surface area contributed by atoms with Crippen molar-refractivity contribution in [1.82, 2.24) is 0 Å². The maximum atomic E-state index is 11.7. The molecule has 0 unspecified atom stereocenters. The Balaban J connectivity index is 2.99. The Bertz CT molecular complexity index is 339. The highest BCUT2D eigenvalue weighted by molar-refractivity contribution is 9.10. The number of ketones is 1. The van der Waals surface area contributed by atoms with Gasteiger partial charge in [-0.05, 0) is 24.5 Å². The van der Waals surface area contributed by atoms with E-state index in [1.165, 1.54) is 0 Å². The third kappa shape index (κ3) is 3.11. The van der Waals surface area contributed by atoms with Crippen LogP contribution in [0.25, 0.3) is 0 Å². The van der Waals surface area contributed by atoms with Crippen molar-refractivity contribution in [3.8, 4) is 0 Å². The summed E-state index contributed by atoms with van der Waals surface area (Å²) in [5.74, 6) is 0.171. The zero-order valence-electron chi connectivity index (χ0n) is 7.72. The van der Waals surface area contributed by atoms with Crippen LogP contribution in [0.2, 0.25) is 0 Å². The molecule has 0 saturated carbocycles. The molecule has 0 spiro atoms. The molecule has 0 bridgehead atoms. The van der Waals surface area contributed by atoms with Gasteiger partial charge in [-0.1, -0.05) is 31.9 Å². The van der Waals surface area contributed by atoms with Crippen molar-refractivity contribution in [2.45, 2.75) is 11.3 Å². The van der Waals surface area contributed by atoms with Gasteiger partial charge in [-0.3, -0.25) is 4.79 Å². The number of alkyl halides is 1. The third-order valence-corrected chi connectivity index (χ3v) is 3.61. The van der Waals surface area contributed by atoms with Crippen molar-refractivity contribution in [1.29, 1.82) is 0 Å². The number of carbonyl (C=O) groups excluding carboxylic acids is 1. The molecule has 1 aromatic rings. The maximum absolute atomic E-state index is 11.7. The lowest BCUT2D eigenvalue weighted by Crippen LogP contribution is -2.00. The predicted octanol–water partition coefficient (Wildman–Crippen LogP) is 4.14. The van der Waals surface area contributed by atoms with E-state index >= 15 is 0 Å². The van der Waals surface area contributed by atoms with E-state index in [0.29, 0.717) is 11.8 Å². The molecule has 0 heterocycles. The number of rotatable bonds is 4. The molecule has 1 rings (SSSR count). The van der Waals surface area contributed by atoms with Gasteiger partial charge in [0.25, 0.3) is 0 Å². The number of hydrogen-bond donors (Lipinski definition) is 0. The molecule has 0 atom stereocenters. The van der Waals surface area contributed by atoms with Crippen molar-refractivity contribution in [3.05, 3.63) is 28.2 Å². The number of carbonyl (C=O) groups is 1. The highest BCUT2D eigenvalue weighted by Gasteiger charge is 2.09. The van der Waals surface area contributed by atoms with Crippen LogP contribution in [0.15, 0.2) is 27.6 Å². The van der Waals surface area contributed by atoms with Crippen LogP contribution in [0.5, 0.6) is 0 Å². The number of thioether (sulfide) groups is 1. The summed E-state index contributed by atoms with van der Waals surface area (Å²) in [7, 11) is 0. The van der Waals surface area contributed by atoms with E-state index < -0.39 is 0 Å². The molecule has 0 aliphatic rings. The largest absolute Gasteiger partial charge is 0.294 e. The van der Waals surface area contributed by atoms with Gasteiger partial charge >= 0.3 is 0 Å². The summed E-state index contributed by atoms with van der Waals surface area (Å²) in [6, 6.07) is 5.85. The molecule has 4 heteroatoms. The summed E-state index contributed by atoms with van der Waals surface area (Å²) >= 11 is 8.29. The number of hydrogen-bond acceptors (Lipinski definition) is 2. The lowest BCUT2D eigenvalue weighted by molar-refractivity contribution is 0.0989. The van der Waals surface area contributed by atoms with Gasteiger partial charge in [-0.2, -0.15) is 0 Å². The molecule has 0 saturated heterocycles. The summed E-state index contributed by atoms with van der Waals surface area (Å²) in [6.45, 7) is 0. The van der Waals surface area contributed by atoms with E-state index in [2.05, 4.69) is 31.9 Å². The van der Waals surface area contributed by atoms with Gasteiger partial charge < -0.3 is 0 Å². The van der Waals surface area contributed by atoms with Crippen LogP contribution < -0.4 is 0 Å². The minimum atomic E-state index is 0.171. The monoisotopic (exact) mass is 336 g/mol. The highest BCUT2D eigenvalue weighted by atomic mass is 79.9. The van der Waals surface area contributed by atoms with E-state index in [1.807, 2.05) is 24.5 Å². The fourth-order valence-electron chi connectivity index (χ4n) is 1.07. The number of halogens is 2. The van der Waals surface area contributed by atoms with Crippen LogP contribution in [-0.4, -0.2) is 17.4 Å². The Labute approximate surface area is 105 Å². The Morgan fingerprint density at radius 1 is 1.50 bits per heavy atom.